The summed E-state index contributed by atoms with van der Waals surface area (Å²) in [7, 11) is 1.41. The molecule has 4 aliphatic carbocycles. The quantitative estimate of drug-likeness (QED) is 0.618. The minimum Gasteiger partial charge on any atom is -0.469 e. The van der Waals surface area contributed by atoms with E-state index in [1.165, 1.54) is 14.0 Å². The Morgan fingerprint density at radius 1 is 1.21 bits per heavy atom. The van der Waals surface area contributed by atoms with Crippen LogP contribution >= 0.6 is 0 Å². The average Bonchev–Trinajstić information content (AvgIpc) is 3.11. The third-order valence-corrected chi connectivity index (χ3v) is 10.0. The van der Waals surface area contributed by atoms with E-state index in [0.717, 1.165) is 37.7 Å². The fourth-order valence-corrected chi connectivity index (χ4v) is 8.17. The molecule has 0 saturated heterocycles. The Kier molecular flexibility index (Phi) is 6.54. The topological polar surface area (TPSA) is 89.9 Å². The molecule has 0 aromatic rings. The highest BCUT2D eigenvalue weighted by Crippen LogP contribution is 2.66. The Balaban J connectivity index is 1.70. The molecule has 3 saturated carbocycles. The van der Waals surface area contributed by atoms with Crippen LogP contribution in [0.5, 0.6) is 0 Å². The molecule has 0 bridgehead atoms. The van der Waals surface area contributed by atoms with E-state index < -0.39 is 5.41 Å². The highest BCUT2D eigenvalue weighted by atomic mass is 16.5. The number of carbonyl (C=O) groups is 3. The van der Waals surface area contributed by atoms with Crippen molar-refractivity contribution in [2.45, 2.75) is 91.3 Å². The van der Waals surface area contributed by atoms with E-state index in [1.807, 2.05) is 6.08 Å². The molecule has 33 heavy (non-hydrogen) atoms. The van der Waals surface area contributed by atoms with Gasteiger partial charge in [-0.25, -0.2) is 0 Å². The van der Waals surface area contributed by atoms with Crippen LogP contribution in [0.2, 0.25) is 0 Å². The number of fused-ring (bicyclic) bond motifs is 5. The lowest BCUT2D eigenvalue weighted by Gasteiger charge is -2.58. The highest BCUT2D eigenvalue weighted by Gasteiger charge is 2.63. The van der Waals surface area contributed by atoms with Crippen molar-refractivity contribution in [2.24, 2.45) is 40.4 Å². The van der Waals surface area contributed by atoms with Crippen LogP contribution in [0.1, 0.15) is 79.1 Å². The maximum absolute atomic E-state index is 13.8. The molecule has 0 aromatic carbocycles. The lowest BCUT2D eigenvalue weighted by molar-refractivity contribution is -0.159. The Morgan fingerprint density at radius 2 is 1.94 bits per heavy atom. The van der Waals surface area contributed by atoms with E-state index in [1.54, 1.807) is 0 Å². The fraction of sp³-hybridized carbons (Fsp3) is 0.815. The molecule has 0 aromatic heterocycles. The van der Waals surface area contributed by atoms with Crippen LogP contribution < -0.4 is 0 Å². The normalized spacial score (nSPS) is 43.0. The number of allylic oxidation sites excluding steroid dienone is 1. The second kappa shape index (κ2) is 8.83. The van der Waals surface area contributed by atoms with Gasteiger partial charge in [-0.2, -0.15) is 0 Å². The van der Waals surface area contributed by atoms with Gasteiger partial charge in [0.25, 0.3) is 0 Å². The van der Waals surface area contributed by atoms with Crippen LogP contribution in [0.25, 0.3) is 0 Å². The van der Waals surface area contributed by atoms with Crippen LogP contribution in [-0.4, -0.2) is 42.1 Å². The van der Waals surface area contributed by atoms with Gasteiger partial charge < -0.3 is 14.6 Å². The molecule has 1 N–H and O–H groups in total. The van der Waals surface area contributed by atoms with Crippen molar-refractivity contribution in [1.29, 1.82) is 0 Å². The summed E-state index contributed by atoms with van der Waals surface area (Å²) in [6.07, 6.45) is 7.34. The SMILES string of the molecule is COC(=O)CC[C@@H](C)[C@H]1CCC2C3C(=CC(=O)[C@@]21C)[C@@]1(C)CC[C@@H](O)C[C@H]1C[C@H]3OC(C)=O. The minimum atomic E-state index is -0.514. The van der Waals surface area contributed by atoms with Gasteiger partial charge in [0.05, 0.1) is 13.2 Å². The first-order chi connectivity index (χ1) is 15.5. The Morgan fingerprint density at radius 3 is 2.61 bits per heavy atom. The van der Waals surface area contributed by atoms with E-state index in [4.69, 9.17) is 9.47 Å². The first kappa shape index (κ1) is 24.4. The molecule has 2 unspecified atom stereocenters. The number of esters is 2. The van der Waals surface area contributed by atoms with Crippen molar-refractivity contribution < 1.29 is 29.0 Å². The lowest BCUT2D eigenvalue weighted by atomic mass is 9.47. The zero-order valence-corrected chi connectivity index (χ0v) is 20.8. The van der Waals surface area contributed by atoms with Crippen LogP contribution in [0.3, 0.4) is 0 Å². The predicted molar refractivity (Wildman–Crippen MR) is 123 cm³/mol. The van der Waals surface area contributed by atoms with E-state index in [0.29, 0.717) is 19.3 Å². The molecule has 0 aliphatic heterocycles. The van der Waals surface area contributed by atoms with Crippen LogP contribution in [0, 0.1) is 40.4 Å². The van der Waals surface area contributed by atoms with Gasteiger partial charge in [0.15, 0.2) is 5.78 Å². The summed E-state index contributed by atoms with van der Waals surface area (Å²) < 4.78 is 10.8. The summed E-state index contributed by atoms with van der Waals surface area (Å²) in [6, 6.07) is 0. The van der Waals surface area contributed by atoms with Gasteiger partial charge in [0.2, 0.25) is 0 Å². The summed E-state index contributed by atoms with van der Waals surface area (Å²) in [4.78, 5) is 37.6. The van der Waals surface area contributed by atoms with Gasteiger partial charge in [-0.05, 0) is 80.1 Å². The van der Waals surface area contributed by atoms with Gasteiger partial charge in [-0.15, -0.1) is 0 Å². The van der Waals surface area contributed by atoms with Gasteiger partial charge >= 0.3 is 11.9 Å². The Hall–Kier alpha value is -1.69. The van der Waals surface area contributed by atoms with E-state index in [-0.39, 0.29) is 64.9 Å². The maximum atomic E-state index is 13.8. The number of hydrogen-bond donors (Lipinski definition) is 1. The summed E-state index contributed by atoms with van der Waals surface area (Å²) in [6.45, 7) is 7.99. The zero-order valence-electron chi connectivity index (χ0n) is 20.8. The molecule has 6 heteroatoms. The molecule has 0 heterocycles. The van der Waals surface area contributed by atoms with Crippen molar-refractivity contribution in [2.75, 3.05) is 7.11 Å². The fourth-order valence-electron chi connectivity index (χ4n) is 8.17. The molecular formula is C27H40O6. The summed E-state index contributed by atoms with van der Waals surface area (Å²) in [5, 5.41) is 10.3. The molecule has 3 fully saturated rings. The van der Waals surface area contributed by atoms with Crippen LogP contribution in [0.4, 0.5) is 0 Å². The van der Waals surface area contributed by atoms with E-state index in [9.17, 15) is 19.5 Å². The molecule has 0 radical (unpaired) electrons. The number of ketones is 1. The number of hydrogen-bond acceptors (Lipinski definition) is 6. The molecule has 184 valence electrons. The molecule has 4 aliphatic rings. The molecule has 9 atom stereocenters. The molecular weight excluding hydrogens is 420 g/mol. The van der Waals surface area contributed by atoms with Gasteiger partial charge in [0.1, 0.15) is 6.10 Å². The molecule has 0 amide bonds. The maximum Gasteiger partial charge on any atom is 0.305 e. The second-order valence-electron chi connectivity index (χ2n) is 11.6. The standard InChI is InChI=1S/C27H40O6/c1-15(6-9-24(31)32-5)19-7-8-20-25-21(14-23(30)27(19,20)4)26(3)11-10-18(29)12-17(26)13-22(25)33-16(2)28/h14-15,17-20,22,25,29H,6-13H2,1-5H3/t15-,17+,18-,19-,20?,22-,25?,26+,27-/m1/s1. The van der Waals surface area contributed by atoms with Crippen molar-refractivity contribution in [1.82, 2.24) is 0 Å². The number of carbonyl (C=O) groups excluding carboxylic acids is 3. The number of rotatable bonds is 5. The number of methoxy groups -OCH3 is 1. The first-order valence-electron chi connectivity index (χ1n) is 12.7. The number of ether oxygens (including phenoxy) is 2. The Labute approximate surface area is 197 Å². The van der Waals surface area contributed by atoms with Crippen molar-refractivity contribution >= 4 is 17.7 Å². The minimum absolute atomic E-state index is 0.0471. The van der Waals surface area contributed by atoms with Crippen molar-refractivity contribution in [3.05, 3.63) is 11.6 Å². The van der Waals surface area contributed by atoms with Crippen LogP contribution in [-0.2, 0) is 23.9 Å². The summed E-state index contributed by atoms with van der Waals surface area (Å²) >= 11 is 0. The highest BCUT2D eigenvalue weighted by molar-refractivity contribution is 5.97. The van der Waals surface area contributed by atoms with Crippen molar-refractivity contribution in [3.63, 3.8) is 0 Å². The smallest absolute Gasteiger partial charge is 0.305 e. The van der Waals surface area contributed by atoms with E-state index >= 15 is 0 Å². The Bertz CT molecular complexity index is 848. The van der Waals surface area contributed by atoms with Gasteiger partial charge in [0, 0.05) is 24.7 Å². The average molecular weight is 461 g/mol. The third kappa shape index (κ3) is 3.96. The predicted octanol–water partition coefficient (Wildman–Crippen LogP) is 4.24. The summed E-state index contributed by atoms with van der Waals surface area (Å²) in [5.41, 5.74) is 0.512. The largest absolute Gasteiger partial charge is 0.469 e. The molecule has 6 nitrogen and oxygen atoms in total. The zero-order chi connectivity index (χ0) is 24.1. The number of aliphatic hydroxyl groups excluding tert-OH is 1. The summed E-state index contributed by atoms with van der Waals surface area (Å²) in [5.74, 6) is 0.506. The monoisotopic (exact) mass is 460 g/mol. The van der Waals surface area contributed by atoms with Crippen molar-refractivity contribution in [3.8, 4) is 0 Å². The second-order valence-corrected chi connectivity index (χ2v) is 11.6. The first-order valence-corrected chi connectivity index (χ1v) is 12.7. The van der Waals surface area contributed by atoms with Gasteiger partial charge in [-0.1, -0.05) is 26.3 Å². The molecule has 0 spiro atoms. The number of aliphatic hydroxyl groups is 1. The van der Waals surface area contributed by atoms with Gasteiger partial charge in [-0.3, -0.25) is 14.4 Å². The van der Waals surface area contributed by atoms with Crippen LogP contribution in [0.15, 0.2) is 11.6 Å². The van der Waals surface area contributed by atoms with E-state index in [2.05, 4.69) is 20.8 Å². The molecule has 4 rings (SSSR count). The third-order valence-electron chi connectivity index (χ3n) is 10.0. The lowest BCUT2D eigenvalue weighted by Crippen LogP contribution is -2.56.